The van der Waals surface area contributed by atoms with E-state index >= 15 is 0 Å². The number of fused-ring (bicyclic) bond motifs is 1. The van der Waals surface area contributed by atoms with Gasteiger partial charge in [-0.15, -0.1) is 11.3 Å². The van der Waals surface area contributed by atoms with Gasteiger partial charge >= 0.3 is 0 Å². The van der Waals surface area contributed by atoms with Gasteiger partial charge in [-0.3, -0.25) is 4.79 Å². The van der Waals surface area contributed by atoms with Crippen molar-refractivity contribution in [2.24, 2.45) is 0 Å². The van der Waals surface area contributed by atoms with Crippen LogP contribution in [0.25, 0.3) is 10.1 Å². The second-order valence-electron chi connectivity index (χ2n) is 8.47. The number of carbonyl (C=O) groups is 1. The summed E-state index contributed by atoms with van der Waals surface area (Å²) in [7, 11) is 2.16. The molecule has 0 bridgehead atoms. The molecule has 4 nitrogen and oxygen atoms in total. The standard InChI is InChI=1S/C24H27N3OS/c1-17-7-8-18(27-13-11-26(2)12-14-27)15-20(17)23(28)25-24(9-10-24)21-16-29-22-6-4-3-5-19(21)22/h3-8,15-16H,9-14H2,1-2H3,(H,25,28). The molecule has 5 rings (SSSR count). The number of nitrogens with zero attached hydrogens (tertiary/aromatic N) is 2. The fourth-order valence-electron chi connectivity index (χ4n) is 4.34. The summed E-state index contributed by atoms with van der Waals surface area (Å²) in [4.78, 5) is 18.0. The van der Waals surface area contributed by atoms with Crippen molar-refractivity contribution in [3.8, 4) is 0 Å². The molecule has 2 fully saturated rings. The number of anilines is 1. The lowest BCUT2D eigenvalue weighted by molar-refractivity contribution is 0.0930. The smallest absolute Gasteiger partial charge is 0.252 e. The minimum Gasteiger partial charge on any atom is -0.369 e. The Labute approximate surface area is 176 Å². The van der Waals surface area contributed by atoms with E-state index in [-0.39, 0.29) is 11.4 Å². The quantitative estimate of drug-likeness (QED) is 0.700. The first-order valence-electron chi connectivity index (χ1n) is 10.4. The van der Waals surface area contributed by atoms with Crippen LogP contribution in [0.4, 0.5) is 5.69 Å². The predicted octanol–water partition coefficient (Wildman–Crippen LogP) is 4.38. The van der Waals surface area contributed by atoms with Crippen LogP contribution >= 0.6 is 11.3 Å². The number of thiophene rings is 1. The molecule has 0 atom stereocenters. The van der Waals surface area contributed by atoms with Gasteiger partial charge in [0.15, 0.2) is 0 Å². The first-order chi connectivity index (χ1) is 14.1. The summed E-state index contributed by atoms with van der Waals surface area (Å²) in [6.45, 7) is 6.16. The molecule has 2 aliphatic rings. The number of likely N-dealkylation sites (N-methyl/N-ethyl adjacent to an activating group) is 1. The van der Waals surface area contributed by atoms with Crippen LogP contribution in [0.5, 0.6) is 0 Å². The molecule has 1 amide bonds. The summed E-state index contributed by atoms with van der Waals surface area (Å²) >= 11 is 1.77. The van der Waals surface area contributed by atoms with Crippen LogP contribution < -0.4 is 10.2 Å². The molecular weight excluding hydrogens is 378 g/mol. The second-order valence-corrected chi connectivity index (χ2v) is 9.38. The highest BCUT2D eigenvalue weighted by Gasteiger charge is 2.47. The molecule has 1 saturated carbocycles. The van der Waals surface area contributed by atoms with Gasteiger partial charge in [0, 0.05) is 42.1 Å². The van der Waals surface area contributed by atoms with Crippen LogP contribution in [-0.4, -0.2) is 44.0 Å². The monoisotopic (exact) mass is 405 g/mol. The summed E-state index contributed by atoms with van der Waals surface area (Å²) in [5.41, 5.74) is 4.06. The molecule has 0 radical (unpaired) electrons. The van der Waals surface area contributed by atoms with E-state index in [1.54, 1.807) is 11.3 Å². The lowest BCUT2D eigenvalue weighted by Crippen LogP contribution is -2.44. The predicted molar refractivity (Wildman–Crippen MR) is 121 cm³/mol. The van der Waals surface area contributed by atoms with E-state index in [0.717, 1.165) is 55.8 Å². The zero-order valence-corrected chi connectivity index (χ0v) is 17.9. The maximum absolute atomic E-state index is 13.3. The molecule has 3 aromatic rings. The average molecular weight is 406 g/mol. The van der Waals surface area contributed by atoms with E-state index in [0.29, 0.717) is 0 Å². The summed E-state index contributed by atoms with van der Waals surface area (Å²) in [5, 5.41) is 6.90. The Balaban J connectivity index is 1.40. The van der Waals surface area contributed by atoms with Crippen LogP contribution in [0.2, 0.25) is 0 Å². The molecule has 1 aliphatic heterocycles. The first-order valence-corrected chi connectivity index (χ1v) is 11.3. The SMILES string of the molecule is Cc1ccc(N2CCN(C)CC2)cc1C(=O)NC1(c2csc3ccccc23)CC1. The Kier molecular flexibility index (Phi) is 4.60. The highest BCUT2D eigenvalue weighted by Crippen LogP contribution is 2.49. The molecular formula is C24H27N3OS. The Morgan fingerprint density at radius 3 is 2.59 bits per heavy atom. The number of amides is 1. The molecule has 29 heavy (non-hydrogen) atoms. The van der Waals surface area contributed by atoms with Gasteiger partial charge in [-0.1, -0.05) is 24.3 Å². The van der Waals surface area contributed by atoms with Crippen molar-refractivity contribution in [3.63, 3.8) is 0 Å². The van der Waals surface area contributed by atoms with Gasteiger partial charge in [0.2, 0.25) is 0 Å². The maximum atomic E-state index is 13.3. The third-order valence-electron chi connectivity index (χ3n) is 6.43. The summed E-state index contributed by atoms with van der Waals surface area (Å²) in [5.74, 6) is 0.0475. The summed E-state index contributed by atoms with van der Waals surface area (Å²) in [6.07, 6.45) is 2.02. The number of carbonyl (C=O) groups excluding carboxylic acids is 1. The van der Waals surface area contributed by atoms with Crippen LogP contribution in [0.15, 0.2) is 47.8 Å². The van der Waals surface area contributed by atoms with Crippen molar-refractivity contribution in [1.82, 2.24) is 10.2 Å². The van der Waals surface area contributed by atoms with Gasteiger partial charge in [0.25, 0.3) is 5.91 Å². The Hall–Kier alpha value is -2.37. The van der Waals surface area contributed by atoms with Gasteiger partial charge in [0.05, 0.1) is 5.54 Å². The van der Waals surface area contributed by atoms with Gasteiger partial charge in [0.1, 0.15) is 0 Å². The fraction of sp³-hybridized carbons (Fsp3) is 0.375. The molecule has 1 aliphatic carbocycles. The van der Waals surface area contributed by atoms with Crippen molar-refractivity contribution in [3.05, 3.63) is 64.5 Å². The fourth-order valence-corrected chi connectivity index (χ4v) is 5.40. The third-order valence-corrected chi connectivity index (χ3v) is 7.40. The van der Waals surface area contributed by atoms with Crippen LogP contribution in [0.3, 0.4) is 0 Å². The van der Waals surface area contributed by atoms with Crippen molar-refractivity contribution >= 4 is 33.0 Å². The van der Waals surface area contributed by atoms with Crippen molar-refractivity contribution < 1.29 is 4.79 Å². The van der Waals surface area contributed by atoms with Crippen LogP contribution in [0.1, 0.15) is 34.3 Å². The number of hydrogen-bond acceptors (Lipinski definition) is 4. The molecule has 1 aromatic heterocycles. The molecule has 2 aromatic carbocycles. The van der Waals surface area contributed by atoms with E-state index in [2.05, 4.69) is 70.0 Å². The number of rotatable bonds is 4. The number of nitrogens with one attached hydrogen (secondary N) is 1. The van der Waals surface area contributed by atoms with Gasteiger partial charge in [-0.25, -0.2) is 0 Å². The van der Waals surface area contributed by atoms with Crippen molar-refractivity contribution in [1.29, 1.82) is 0 Å². The third kappa shape index (κ3) is 3.43. The maximum Gasteiger partial charge on any atom is 0.252 e. The van der Waals surface area contributed by atoms with Gasteiger partial charge in [-0.2, -0.15) is 0 Å². The Morgan fingerprint density at radius 1 is 1.07 bits per heavy atom. The number of piperazine rings is 1. The van der Waals surface area contributed by atoms with E-state index in [1.807, 2.05) is 6.92 Å². The highest BCUT2D eigenvalue weighted by molar-refractivity contribution is 7.17. The highest BCUT2D eigenvalue weighted by atomic mass is 32.1. The molecule has 2 heterocycles. The lowest BCUT2D eigenvalue weighted by Gasteiger charge is -2.34. The van der Waals surface area contributed by atoms with E-state index in [1.165, 1.54) is 15.6 Å². The van der Waals surface area contributed by atoms with Crippen molar-refractivity contribution in [2.45, 2.75) is 25.3 Å². The van der Waals surface area contributed by atoms with E-state index < -0.39 is 0 Å². The molecule has 1 N–H and O–H groups in total. The number of aryl methyl sites for hydroxylation is 1. The van der Waals surface area contributed by atoms with E-state index in [9.17, 15) is 4.79 Å². The normalized spacial score (nSPS) is 18.8. The topological polar surface area (TPSA) is 35.6 Å². The molecule has 0 spiro atoms. The summed E-state index contributed by atoms with van der Waals surface area (Å²) in [6, 6.07) is 14.8. The molecule has 0 unspecified atom stereocenters. The zero-order valence-electron chi connectivity index (χ0n) is 17.1. The number of hydrogen-bond donors (Lipinski definition) is 1. The Bertz CT molecular complexity index is 1060. The molecule has 150 valence electrons. The Morgan fingerprint density at radius 2 is 1.83 bits per heavy atom. The van der Waals surface area contributed by atoms with Crippen LogP contribution in [0, 0.1) is 6.92 Å². The molecule has 5 heteroatoms. The van der Waals surface area contributed by atoms with Gasteiger partial charge < -0.3 is 15.1 Å². The second kappa shape index (κ2) is 7.15. The minimum atomic E-state index is -0.201. The zero-order chi connectivity index (χ0) is 20.0. The minimum absolute atomic E-state index is 0.0475. The van der Waals surface area contributed by atoms with Crippen molar-refractivity contribution in [2.75, 3.05) is 38.1 Å². The largest absolute Gasteiger partial charge is 0.369 e. The first kappa shape index (κ1) is 18.6. The van der Waals surface area contributed by atoms with Crippen LogP contribution in [-0.2, 0) is 5.54 Å². The van der Waals surface area contributed by atoms with Gasteiger partial charge in [-0.05, 0) is 66.9 Å². The molecule has 1 saturated heterocycles. The van der Waals surface area contributed by atoms with E-state index in [4.69, 9.17) is 0 Å². The number of benzene rings is 2. The summed E-state index contributed by atoms with van der Waals surface area (Å²) < 4.78 is 1.29. The average Bonchev–Trinajstić information content (AvgIpc) is 3.36. The lowest BCUT2D eigenvalue weighted by atomic mass is 10.0.